The molecule has 0 aliphatic carbocycles. The molecule has 0 atom stereocenters. The van der Waals surface area contributed by atoms with Crippen LogP contribution in [0.4, 0.5) is 10.5 Å². The van der Waals surface area contributed by atoms with E-state index < -0.39 is 0 Å². The van der Waals surface area contributed by atoms with E-state index in [1.807, 2.05) is 36.1 Å². The highest BCUT2D eigenvalue weighted by Gasteiger charge is 2.28. The lowest BCUT2D eigenvalue weighted by Gasteiger charge is -2.38. The molecule has 6 heteroatoms. The summed E-state index contributed by atoms with van der Waals surface area (Å²) in [6.45, 7) is 8.12. The van der Waals surface area contributed by atoms with Crippen LogP contribution in [-0.2, 0) is 6.54 Å². The third kappa shape index (κ3) is 4.87. The molecule has 1 fully saturated rings. The van der Waals surface area contributed by atoms with Crippen LogP contribution in [0.5, 0.6) is 0 Å². The number of anilines is 1. The number of urea groups is 1. The highest BCUT2D eigenvalue weighted by atomic mass is 79.9. The van der Waals surface area contributed by atoms with Crippen molar-refractivity contribution < 1.29 is 4.79 Å². The number of piperidine rings is 1. The molecular weight excluding hydrogens is 410 g/mol. The van der Waals surface area contributed by atoms with Crippen LogP contribution in [0.3, 0.4) is 0 Å². The van der Waals surface area contributed by atoms with Crippen LogP contribution in [0, 0.1) is 6.92 Å². The lowest BCUT2D eigenvalue weighted by molar-refractivity contribution is 0.127. The summed E-state index contributed by atoms with van der Waals surface area (Å²) in [7, 11) is 0. The van der Waals surface area contributed by atoms with Crippen LogP contribution in [0.2, 0.25) is 0 Å². The maximum atomic E-state index is 13.1. The van der Waals surface area contributed by atoms with Crippen LogP contribution < -0.4 is 5.32 Å². The molecule has 0 unspecified atom stereocenters. The van der Waals surface area contributed by atoms with Gasteiger partial charge in [-0.05, 0) is 61.5 Å². The molecule has 1 aliphatic rings. The molecule has 26 heavy (non-hydrogen) atoms. The number of nitrogens with zero attached hydrogens (tertiary/aromatic N) is 2. The van der Waals surface area contributed by atoms with E-state index in [-0.39, 0.29) is 12.1 Å². The summed E-state index contributed by atoms with van der Waals surface area (Å²) >= 11 is 5.22. The van der Waals surface area contributed by atoms with Crippen LogP contribution in [0.25, 0.3) is 0 Å². The van der Waals surface area contributed by atoms with Crippen LogP contribution in [0.1, 0.15) is 30.2 Å². The lowest BCUT2D eigenvalue weighted by Crippen LogP contribution is -2.48. The number of carbonyl (C=O) groups is 1. The third-order valence-corrected chi connectivity index (χ3v) is 6.77. The van der Waals surface area contributed by atoms with Gasteiger partial charge in [0.05, 0.1) is 6.54 Å². The number of benzene rings is 1. The van der Waals surface area contributed by atoms with E-state index in [0.717, 1.165) is 48.2 Å². The van der Waals surface area contributed by atoms with Crippen LogP contribution in [0.15, 0.2) is 40.2 Å². The first kappa shape index (κ1) is 19.4. The van der Waals surface area contributed by atoms with Crippen molar-refractivity contribution in [2.24, 2.45) is 0 Å². The Bertz CT molecular complexity index is 727. The number of aryl methyl sites for hydroxylation is 1. The molecule has 0 radical (unpaired) electrons. The van der Waals surface area contributed by atoms with E-state index in [0.29, 0.717) is 6.54 Å². The SMILES string of the molecule is CCN1CCC(N(Cc2cccs2)C(=O)Nc2ccc(Br)c(C)c2)CC1. The Morgan fingerprint density at radius 1 is 1.35 bits per heavy atom. The second-order valence-corrected chi connectivity index (χ2v) is 8.65. The summed E-state index contributed by atoms with van der Waals surface area (Å²) in [4.78, 5) is 18.8. The molecular formula is C20H26BrN3OS. The molecule has 2 amide bonds. The fraction of sp³-hybridized carbons (Fsp3) is 0.450. The molecule has 2 aromatic rings. The van der Waals surface area contributed by atoms with E-state index in [9.17, 15) is 4.79 Å². The number of likely N-dealkylation sites (tertiary alicyclic amines) is 1. The molecule has 1 aromatic heterocycles. The Hall–Kier alpha value is -1.37. The summed E-state index contributed by atoms with van der Waals surface area (Å²) in [5, 5.41) is 5.17. The van der Waals surface area contributed by atoms with Gasteiger partial charge in [0.1, 0.15) is 0 Å². The number of thiophene rings is 1. The van der Waals surface area contributed by atoms with Crippen molar-refractivity contribution in [3.05, 3.63) is 50.6 Å². The second kappa shape index (κ2) is 9.02. The third-order valence-electron chi connectivity index (χ3n) is 5.02. The predicted molar refractivity (Wildman–Crippen MR) is 113 cm³/mol. The molecule has 1 N–H and O–H groups in total. The monoisotopic (exact) mass is 435 g/mol. The maximum Gasteiger partial charge on any atom is 0.322 e. The molecule has 0 saturated carbocycles. The number of nitrogens with one attached hydrogen (secondary N) is 1. The van der Waals surface area contributed by atoms with Crippen LogP contribution >= 0.6 is 27.3 Å². The zero-order valence-corrected chi connectivity index (χ0v) is 17.8. The fourth-order valence-corrected chi connectivity index (χ4v) is 4.35. The first-order chi connectivity index (χ1) is 12.6. The Morgan fingerprint density at radius 2 is 2.12 bits per heavy atom. The van der Waals surface area contributed by atoms with Gasteiger partial charge in [0.25, 0.3) is 0 Å². The van der Waals surface area contributed by atoms with Crippen molar-refractivity contribution in [1.29, 1.82) is 0 Å². The minimum atomic E-state index is -0.00456. The summed E-state index contributed by atoms with van der Waals surface area (Å²) < 4.78 is 1.05. The van der Waals surface area contributed by atoms with Gasteiger partial charge in [-0.25, -0.2) is 4.79 Å². The lowest BCUT2D eigenvalue weighted by atomic mass is 10.0. The molecule has 1 aliphatic heterocycles. The average molecular weight is 436 g/mol. The van der Waals surface area contributed by atoms with Crippen LogP contribution in [-0.4, -0.2) is 41.5 Å². The topological polar surface area (TPSA) is 35.6 Å². The highest BCUT2D eigenvalue weighted by molar-refractivity contribution is 9.10. The van der Waals surface area contributed by atoms with Gasteiger partial charge in [-0.3, -0.25) is 0 Å². The second-order valence-electron chi connectivity index (χ2n) is 6.77. The summed E-state index contributed by atoms with van der Waals surface area (Å²) in [5.74, 6) is 0. The number of amides is 2. The van der Waals surface area contributed by atoms with E-state index >= 15 is 0 Å². The van der Waals surface area contributed by atoms with Gasteiger partial charge in [-0.1, -0.05) is 28.9 Å². The quantitative estimate of drug-likeness (QED) is 0.687. The Labute approximate surface area is 168 Å². The van der Waals surface area contributed by atoms with Gasteiger partial charge in [0.2, 0.25) is 0 Å². The molecule has 0 spiro atoms. The molecule has 3 rings (SSSR count). The zero-order chi connectivity index (χ0) is 18.5. The molecule has 2 heterocycles. The van der Waals surface area contributed by atoms with Gasteiger partial charge in [0.15, 0.2) is 0 Å². The van der Waals surface area contributed by atoms with Crippen molar-refractivity contribution in [3.8, 4) is 0 Å². The molecule has 1 aromatic carbocycles. The van der Waals surface area contributed by atoms with Crippen molar-refractivity contribution in [1.82, 2.24) is 9.80 Å². The maximum absolute atomic E-state index is 13.1. The fourth-order valence-electron chi connectivity index (χ4n) is 3.40. The number of hydrogen-bond acceptors (Lipinski definition) is 3. The van der Waals surface area contributed by atoms with Crippen molar-refractivity contribution >= 4 is 39.0 Å². The minimum Gasteiger partial charge on any atom is -0.316 e. The molecule has 0 bridgehead atoms. The van der Waals surface area contributed by atoms with Gasteiger partial charge in [0, 0.05) is 34.2 Å². The van der Waals surface area contributed by atoms with Gasteiger partial charge in [-0.15, -0.1) is 11.3 Å². The number of carbonyl (C=O) groups excluding carboxylic acids is 1. The zero-order valence-electron chi connectivity index (χ0n) is 15.4. The number of hydrogen-bond donors (Lipinski definition) is 1. The number of halogens is 1. The van der Waals surface area contributed by atoms with E-state index in [2.05, 4.69) is 44.5 Å². The van der Waals surface area contributed by atoms with E-state index in [1.165, 1.54) is 4.88 Å². The smallest absolute Gasteiger partial charge is 0.316 e. The van der Waals surface area contributed by atoms with Gasteiger partial charge < -0.3 is 15.1 Å². The largest absolute Gasteiger partial charge is 0.322 e. The highest BCUT2D eigenvalue weighted by Crippen LogP contribution is 2.24. The summed E-state index contributed by atoms with van der Waals surface area (Å²) in [6, 6.07) is 10.4. The van der Waals surface area contributed by atoms with E-state index in [1.54, 1.807) is 11.3 Å². The first-order valence-corrected chi connectivity index (χ1v) is 10.8. The number of rotatable bonds is 5. The van der Waals surface area contributed by atoms with E-state index in [4.69, 9.17) is 0 Å². The predicted octanol–water partition coefficient (Wildman–Crippen LogP) is 5.34. The Morgan fingerprint density at radius 3 is 2.73 bits per heavy atom. The minimum absolute atomic E-state index is 0.00456. The first-order valence-electron chi connectivity index (χ1n) is 9.15. The molecule has 140 valence electrons. The Kier molecular flexibility index (Phi) is 6.73. The Balaban J connectivity index is 1.73. The standard InChI is InChI=1S/C20H26BrN3OS/c1-3-23-10-8-17(9-11-23)24(14-18-5-4-12-26-18)20(25)22-16-6-7-19(21)15(2)13-16/h4-7,12-13,17H,3,8-11,14H2,1-2H3,(H,22,25). The normalized spacial score (nSPS) is 15.8. The van der Waals surface area contributed by atoms with Gasteiger partial charge in [-0.2, -0.15) is 0 Å². The average Bonchev–Trinajstić information content (AvgIpc) is 3.16. The van der Waals surface area contributed by atoms with Crippen molar-refractivity contribution in [2.75, 3.05) is 25.0 Å². The summed E-state index contributed by atoms with van der Waals surface area (Å²) in [6.07, 6.45) is 2.07. The molecule has 4 nitrogen and oxygen atoms in total. The van der Waals surface area contributed by atoms with Gasteiger partial charge >= 0.3 is 6.03 Å². The molecule has 1 saturated heterocycles. The summed E-state index contributed by atoms with van der Waals surface area (Å²) in [5.41, 5.74) is 1.96. The van der Waals surface area contributed by atoms with Crippen molar-refractivity contribution in [2.45, 2.75) is 39.3 Å². The van der Waals surface area contributed by atoms with Crippen molar-refractivity contribution in [3.63, 3.8) is 0 Å².